The first kappa shape index (κ1) is 16.7. The first-order valence-electron chi connectivity index (χ1n) is 8.29. The van der Waals surface area contributed by atoms with Gasteiger partial charge in [0.15, 0.2) is 0 Å². The van der Waals surface area contributed by atoms with Crippen LogP contribution >= 0.6 is 0 Å². The van der Waals surface area contributed by atoms with Crippen LogP contribution in [0.25, 0.3) is 0 Å². The van der Waals surface area contributed by atoms with Crippen LogP contribution in [0.1, 0.15) is 65.2 Å². The molecule has 1 fully saturated rings. The van der Waals surface area contributed by atoms with Crippen molar-refractivity contribution in [3.05, 3.63) is 12.7 Å². The molecule has 1 aliphatic rings. The number of hydrogen-bond donors (Lipinski definition) is 1. The van der Waals surface area contributed by atoms with Gasteiger partial charge in [-0.15, -0.1) is 6.58 Å². The lowest BCUT2D eigenvalue weighted by Gasteiger charge is -2.36. The van der Waals surface area contributed by atoms with Crippen LogP contribution in [0.3, 0.4) is 0 Å². The Balaban J connectivity index is 2.61. The van der Waals surface area contributed by atoms with Crippen molar-refractivity contribution < 1.29 is 4.74 Å². The summed E-state index contributed by atoms with van der Waals surface area (Å²) in [6.45, 7) is 10.1. The van der Waals surface area contributed by atoms with Gasteiger partial charge in [0.05, 0.1) is 6.10 Å². The average molecular weight is 267 g/mol. The monoisotopic (exact) mass is 267 g/mol. The van der Waals surface area contributed by atoms with Crippen LogP contribution in [0.5, 0.6) is 0 Å². The van der Waals surface area contributed by atoms with Crippen molar-refractivity contribution in [3.8, 4) is 0 Å². The highest BCUT2D eigenvalue weighted by atomic mass is 16.5. The molecule has 0 spiro atoms. The summed E-state index contributed by atoms with van der Waals surface area (Å²) in [6.07, 6.45) is 12.7. The van der Waals surface area contributed by atoms with Crippen LogP contribution in [-0.4, -0.2) is 25.3 Å². The molecule has 1 N–H and O–H groups in total. The summed E-state index contributed by atoms with van der Waals surface area (Å²) >= 11 is 0. The average Bonchev–Trinajstić information content (AvgIpc) is 2.46. The first-order chi connectivity index (χ1) is 9.33. The summed E-state index contributed by atoms with van der Waals surface area (Å²) in [4.78, 5) is 0. The third-order valence-electron chi connectivity index (χ3n) is 4.21. The fourth-order valence-electron chi connectivity index (χ4n) is 3.25. The Morgan fingerprint density at radius 3 is 2.58 bits per heavy atom. The van der Waals surface area contributed by atoms with E-state index in [0.717, 1.165) is 31.9 Å². The molecule has 2 atom stereocenters. The second kappa shape index (κ2) is 10.4. The van der Waals surface area contributed by atoms with E-state index in [1.807, 2.05) is 6.08 Å². The van der Waals surface area contributed by atoms with Gasteiger partial charge in [0.1, 0.15) is 0 Å². The van der Waals surface area contributed by atoms with Crippen molar-refractivity contribution in [1.29, 1.82) is 0 Å². The molecule has 0 radical (unpaired) electrons. The third kappa shape index (κ3) is 6.09. The number of ether oxygens (including phenoxy) is 1. The summed E-state index contributed by atoms with van der Waals surface area (Å²) in [7, 11) is 0. The van der Waals surface area contributed by atoms with E-state index in [1.54, 1.807) is 0 Å². The molecule has 2 unspecified atom stereocenters. The van der Waals surface area contributed by atoms with E-state index in [1.165, 1.54) is 38.5 Å². The lowest BCUT2D eigenvalue weighted by molar-refractivity contribution is -0.0191. The van der Waals surface area contributed by atoms with Gasteiger partial charge in [-0.3, -0.25) is 0 Å². The molecule has 0 heterocycles. The van der Waals surface area contributed by atoms with Crippen molar-refractivity contribution in [1.82, 2.24) is 5.32 Å². The summed E-state index contributed by atoms with van der Waals surface area (Å²) in [5, 5.41) is 3.71. The quantitative estimate of drug-likeness (QED) is 0.596. The van der Waals surface area contributed by atoms with E-state index in [-0.39, 0.29) is 0 Å². The first-order valence-corrected chi connectivity index (χ1v) is 8.29. The van der Waals surface area contributed by atoms with Gasteiger partial charge < -0.3 is 10.1 Å². The Hall–Kier alpha value is -0.340. The molecule has 0 saturated heterocycles. The number of rotatable bonds is 10. The summed E-state index contributed by atoms with van der Waals surface area (Å²) in [6, 6.07) is 0.501. The maximum atomic E-state index is 6.14. The van der Waals surface area contributed by atoms with Gasteiger partial charge in [-0.05, 0) is 51.5 Å². The second-order valence-corrected chi connectivity index (χ2v) is 5.74. The van der Waals surface area contributed by atoms with Gasteiger partial charge >= 0.3 is 0 Å². The maximum Gasteiger partial charge on any atom is 0.0756 e. The topological polar surface area (TPSA) is 21.3 Å². The molecular weight excluding hydrogens is 234 g/mol. The molecule has 0 aromatic rings. The predicted octanol–water partition coefficient (Wildman–Crippen LogP) is 4.31. The van der Waals surface area contributed by atoms with Crippen LogP contribution < -0.4 is 5.32 Å². The molecule has 2 nitrogen and oxygen atoms in total. The Morgan fingerprint density at radius 1 is 1.26 bits per heavy atom. The molecule has 1 aliphatic carbocycles. The van der Waals surface area contributed by atoms with E-state index < -0.39 is 0 Å². The Kier molecular flexibility index (Phi) is 9.19. The Labute approximate surface area is 120 Å². The van der Waals surface area contributed by atoms with E-state index in [0.29, 0.717) is 12.1 Å². The molecule has 0 amide bonds. The van der Waals surface area contributed by atoms with E-state index >= 15 is 0 Å². The molecule has 112 valence electrons. The molecule has 2 heteroatoms. The SMILES string of the molecule is C=CCCC(NCCC)C(OCC)C1CCCCC1. The highest BCUT2D eigenvalue weighted by molar-refractivity contribution is 4.86. The Bertz CT molecular complexity index is 223. The molecule has 0 aliphatic heterocycles. The van der Waals surface area contributed by atoms with Crippen LogP contribution in [0.2, 0.25) is 0 Å². The normalized spacial score (nSPS) is 20.1. The summed E-state index contributed by atoms with van der Waals surface area (Å²) in [5.41, 5.74) is 0. The van der Waals surface area contributed by atoms with Crippen LogP contribution in [0.15, 0.2) is 12.7 Å². The van der Waals surface area contributed by atoms with Gasteiger partial charge in [-0.2, -0.15) is 0 Å². The maximum absolute atomic E-state index is 6.14. The number of hydrogen-bond acceptors (Lipinski definition) is 2. The summed E-state index contributed by atoms with van der Waals surface area (Å²) < 4.78 is 6.14. The molecule has 1 rings (SSSR count). The Morgan fingerprint density at radius 2 is 2.00 bits per heavy atom. The van der Waals surface area contributed by atoms with Crippen molar-refractivity contribution in [3.63, 3.8) is 0 Å². The molecule has 19 heavy (non-hydrogen) atoms. The zero-order chi connectivity index (χ0) is 13.9. The van der Waals surface area contributed by atoms with E-state index in [4.69, 9.17) is 4.74 Å². The van der Waals surface area contributed by atoms with E-state index in [9.17, 15) is 0 Å². The molecular formula is C17H33NO. The fraction of sp³-hybridized carbons (Fsp3) is 0.882. The van der Waals surface area contributed by atoms with Gasteiger partial charge in [0, 0.05) is 12.6 Å². The summed E-state index contributed by atoms with van der Waals surface area (Å²) in [5.74, 6) is 0.757. The number of allylic oxidation sites excluding steroid dienone is 1. The minimum atomic E-state index is 0.400. The van der Waals surface area contributed by atoms with E-state index in [2.05, 4.69) is 25.7 Å². The molecule has 1 saturated carbocycles. The minimum Gasteiger partial charge on any atom is -0.377 e. The lowest BCUT2D eigenvalue weighted by Crippen LogP contribution is -2.46. The van der Waals surface area contributed by atoms with Crippen molar-refractivity contribution in [2.45, 2.75) is 77.4 Å². The van der Waals surface area contributed by atoms with Gasteiger partial charge in [0.2, 0.25) is 0 Å². The third-order valence-corrected chi connectivity index (χ3v) is 4.21. The van der Waals surface area contributed by atoms with Gasteiger partial charge in [0.25, 0.3) is 0 Å². The lowest BCUT2D eigenvalue weighted by atomic mass is 9.81. The van der Waals surface area contributed by atoms with Gasteiger partial charge in [-0.25, -0.2) is 0 Å². The largest absolute Gasteiger partial charge is 0.377 e. The molecule has 0 aromatic heterocycles. The molecule has 0 aromatic carbocycles. The van der Waals surface area contributed by atoms with Crippen molar-refractivity contribution in [2.75, 3.05) is 13.2 Å². The smallest absolute Gasteiger partial charge is 0.0756 e. The van der Waals surface area contributed by atoms with Crippen LogP contribution in [-0.2, 0) is 4.74 Å². The number of nitrogens with one attached hydrogen (secondary N) is 1. The minimum absolute atomic E-state index is 0.400. The molecule has 0 bridgehead atoms. The highest BCUT2D eigenvalue weighted by Crippen LogP contribution is 2.30. The zero-order valence-electron chi connectivity index (χ0n) is 13.0. The van der Waals surface area contributed by atoms with Crippen LogP contribution in [0.4, 0.5) is 0 Å². The zero-order valence-corrected chi connectivity index (χ0v) is 13.0. The van der Waals surface area contributed by atoms with Crippen LogP contribution in [0, 0.1) is 5.92 Å². The fourth-order valence-corrected chi connectivity index (χ4v) is 3.25. The van der Waals surface area contributed by atoms with Crippen molar-refractivity contribution in [2.24, 2.45) is 5.92 Å². The van der Waals surface area contributed by atoms with Gasteiger partial charge in [-0.1, -0.05) is 32.3 Å². The van der Waals surface area contributed by atoms with Crippen molar-refractivity contribution >= 4 is 0 Å². The predicted molar refractivity (Wildman–Crippen MR) is 83.5 cm³/mol. The second-order valence-electron chi connectivity index (χ2n) is 5.74. The standard InChI is InChI=1S/C17H33NO/c1-4-7-13-16(18-14-5-2)17(19-6-3)15-11-9-8-10-12-15/h4,15-18H,1,5-14H2,2-3H3. The highest BCUT2D eigenvalue weighted by Gasteiger charge is 2.30.